The van der Waals surface area contributed by atoms with Crippen molar-refractivity contribution in [3.8, 4) is 11.5 Å². The number of halogens is 1. The Kier molecular flexibility index (Phi) is 6.22. The van der Waals surface area contributed by atoms with Crippen molar-refractivity contribution < 1.29 is 32.2 Å². The van der Waals surface area contributed by atoms with E-state index < -0.39 is 39.6 Å². The smallest absolute Gasteiger partial charge is 0.308 e. The van der Waals surface area contributed by atoms with Crippen LogP contribution in [-0.2, 0) is 29.8 Å². The molecule has 3 aliphatic rings. The average Bonchev–Trinajstić information content (AvgIpc) is 3.26. The lowest BCUT2D eigenvalue weighted by Crippen LogP contribution is -2.53. The molecule has 1 aromatic rings. The highest BCUT2D eigenvalue weighted by molar-refractivity contribution is 7.89. The Balaban J connectivity index is 1.80. The van der Waals surface area contributed by atoms with Crippen molar-refractivity contribution in [2.75, 3.05) is 11.6 Å². The molecule has 8 nitrogen and oxygen atoms in total. The van der Waals surface area contributed by atoms with E-state index in [2.05, 4.69) is 4.72 Å². The molecule has 0 saturated heterocycles. The van der Waals surface area contributed by atoms with Crippen LogP contribution in [0.4, 0.5) is 0 Å². The minimum Gasteiger partial charge on any atom is -0.481 e. The summed E-state index contributed by atoms with van der Waals surface area (Å²) < 4.78 is 45.3. The standard InChI is InChI=1S/C23H26ClNO7S/c1-13-5-7-18(30-14(2)26)21-20(13)23-10-9-17(25-33(28,29)12-4-11-24)16(23)6-8-19(22(23)32-21)31-15(3)27/h5-9,16,19,22,25H,4,10-12H2,1-3H3/t16?,19-,22-,23-/m0/s1. The van der Waals surface area contributed by atoms with Crippen LogP contribution in [0.1, 0.15) is 37.8 Å². The highest BCUT2D eigenvalue weighted by Crippen LogP contribution is 2.61. The van der Waals surface area contributed by atoms with Crippen LogP contribution >= 0.6 is 11.6 Å². The average molecular weight is 496 g/mol. The quantitative estimate of drug-likeness (QED) is 0.268. The van der Waals surface area contributed by atoms with Crippen molar-refractivity contribution in [1.82, 2.24) is 4.72 Å². The molecule has 0 bridgehead atoms. The van der Waals surface area contributed by atoms with Gasteiger partial charge in [0, 0.05) is 36.9 Å². The second-order valence-electron chi connectivity index (χ2n) is 8.52. The predicted molar refractivity (Wildman–Crippen MR) is 122 cm³/mol. The highest BCUT2D eigenvalue weighted by Gasteiger charge is 2.62. The molecule has 4 atom stereocenters. The van der Waals surface area contributed by atoms with E-state index in [0.29, 0.717) is 24.3 Å². The molecular formula is C23H26ClNO7S. The van der Waals surface area contributed by atoms with Crippen LogP contribution in [0.25, 0.3) is 0 Å². The molecule has 0 aromatic heterocycles. The van der Waals surface area contributed by atoms with E-state index in [1.807, 2.05) is 25.1 Å². The molecule has 0 saturated carbocycles. The molecule has 0 radical (unpaired) electrons. The molecule has 10 heteroatoms. The Morgan fingerprint density at radius 1 is 1.24 bits per heavy atom. The molecule has 178 valence electrons. The van der Waals surface area contributed by atoms with Gasteiger partial charge in [0.05, 0.1) is 11.2 Å². The third-order valence-corrected chi connectivity index (χ3v) is 7.91. The van der Waals surface area contributed by atoms with E-state index in [-0.39, 0.29) is 23.3 Å². The van der Waals surface area contributed by atoms with Gasteiger partial charge < -0.3 is 14.2 Å². The number of sulfonamides is 1. The Bertz CT molecular complexity index is 1160. The predicted octanol–water partition coefficient (Wildman–Crippen LogP) is 2.87. The maximum absolute atomic E-state index is 12.6. The first-order valence-corrected chi connectivity index (χ1v) is 12.9. The van der Waals surface area contributed by atoms with Gasteiger partial charge in [0.2, 0.25) is 10.0 Å². The number of hydrogen-bond acceptors (Lipinski definition) is 7. The van der Waals surface area contributed by atoms with Crippen LogP contribution in [0, 0.1) is 12.8 Å². The zero-order valence-electron chi connectivity index (χ0n) is 18.6. The molecule has 1 N–H and O–H groups in total. The first kappa shape index (κ1) is 23.6. The molecule has 0 amide bonds. The first-order valence-electron chi connectivity index (χ1n) is 10.7. The number of esters is 2. The van der Waals surface area contributed by atoms with Crippen LogP contribution < -0.4 is 14.2 Å². The third-order valence-electron chi connectivity index (χ3n) is 6.27. The summed E-state index contributed by atoms with van der Waals surface area (Å²) in [5.41, 5.74) is 1.55. The maximum Gasteiger partial charge on any atom is 0.308 e. The fourth-order valence-electron chi connectivity index (χ4n) is 5.16. The van der Waals surface area contributed by atoms with Gasteiger partial charge in [-0.05, 0) is 37.5 Å². The second-order valence-corrected chi connectivity index (χ2v) is 10.7. The van der Waals surface area contributed by atoms with Crippen molar-refractivity contribution in [2.24, 2.45) is 5.92 Å². The van der Waals surface area contributed by atoms with Gasteiger partial charge in [0.15, 0.2) is 23.7 Å². The molecule has 1 unspecified atom stereocenters. The van der Waals surface area contributed by atoms with E-state index in [0.717, 1.165) is 11.1 Å². The van der Waals surface area contributed by atoms with Crippen LogP contribution in [-0.4, -0.2) is 44.2 Å². The van der Waals surface area contributed by atoms with Crippen LogP contribution in [0.2, 0.25) is 0 Å². The zero-order chi connectivity index (χ0) is 24.0. The molecule has 1 spiro atoms. The number of carbonyl (C=O) groups is 2. The summed E-state index contributed by atoms with van der Waals surface area (Å²) in [5.74, 6) is -0.446. The number of allylic oxidation sites excluding steroid dienone is 2. The van der Waals surface area contributed by atoms with Gasteiger partial charge in [-0.2, -0.15) is 0 Å². The lowest BCUT2D eigenvalue weighted by molar-refractivity contribution is -0.150. The fraction of sp³-hybridized carbons (Fsp3) is 0.478. The Hall–Kier alpha value is -2.52. The number of ether oxygens (including phenoxy) is 3. The van der Waals surface area contributed by atoms with E-state index in [1.165, 1.54) is 13.8 Å². The van der Waals surface area contributed by atoms with Gasteiger partial charge in [-0.15, -0.1) is 11.6 Å². The molecule has 2 aliphatic carbocycles. The number of hydrogen-bond donors (Lipinski definition) is 1. The highest BCUT2D eigenvalue weighted by atomic mass is 35.5. The van der Waals surface area contributed by atoms with Crippen molar-refractivity contribution in [2.45, 2.75) is 51.2 Å². The SMILES string of the molecule is CC(=O)Oc1ccc(C)c2c1O[C@H]1[C@@H](OC(C)=O)C=CC3C(NS(=O)(=O)CCCCl)=CC[C@@]231. The van der Waals surface area contributed by atoms with Crippen LogP contribution in [0.15, 0.2) is 36.1 Å². The van der Waals surface area contributed by atoms with Crippen molar-refractivity contribution >= 4 is 33.6 Å². The summed E-state index contributed by atoms with van der Waals surface area (Å²) in [4.78, 5) is 23.5. The van der Waals surface area contributed by atoms with Crippen molar-refractivity contribution in [1.29, 1.82) is 0 Å². The lowest BCUT2D eigenvalue weighted by atomic mass is 9.63. The summed E-state index contributed by atoms with van der Waals surface area (Å²) in [6, 6.07) is 3.52. The number of aryl methyl sites for hydroxylation is 1. The normalized spacial score (nSPS) is 27.0. The van der Waals surface area contributed by atoms with Gasteiger partial charge in [0.25, 0.3) is 0 Å². The molecule has 1 aromatic carbocycles. The summed E-state index contributed by atoms with van der Waals surface area (Å²) in [6.45, 7) is 4.56. The summed E-state index contributed by atoms with van der Waals surface area (Å²) in [6.07, 6.45) is 4.93. The molecule has 33 heavy (non-hydrogen) atoms. The largest absolute Gasteiger partial charge is 0.481 e. The van der Waals surface area contributed by atoms with Gasteiger partial charge in [-0.1, -0.05) is 18.2 Å². The first-order chi connectivity index (χ1) is 15.6. The van der Waals surface area contributed by atoms with Crippen molar-refractivity contribution in [3.05, 3.63) is 47.2 Å². The maximum atomic E-state index is 12.6. The van der Waals surface area contributed by atoms with Crippen LogP contribution in [0.5, 0.6) is 11.5 Å². The van der Waals surface area contributed by atoms with Crippen LogP contribution in [0.3, 0.4) is 0 Å². The summed E-state index contributed by atoms with van der Waals surface area (Å²) >= 11 is 5.68. The minimum atomic E-state index is -3.59. The van der Waals surface area contributed by atoms with Gasteiger partial charge in [-0.25, -0.2) is 8.42 Å². The number of alkyl halides is 1. The Labute approximate surface area is 198 Å². The Morgan fingerprint density at radius 2 is 2.00 bits per heavy atom. The molecule has 0 fully saturated rings. The van der Waals surface area contributed by atoms with Gasteiger partial charge >= 0.3 is 11.9 Å². The summed E-state index contributed by atoms with van der Waals surface area (Å²) in [5, 5.41) is 0. The zero-order valence-corrected chi connectivity index (χ0v) is 20.2. The number of benzene rings is 1. The van der Waals surface area contributed by atoms with Gasteiger partial charge in [-0.3, -0.25) is 14.3 Å². The van der Waals surface area contributed by atoms with Crippen molar-refractivity contribution in [3.63, 3.8) is 0 Å². The molecular weight excluding hydrogens is 470 g/mol. The fourth-order valence-corrected chi connectivity index (χ4v) is 6.65. The molecule has 1 heterocycles. The van der Waals surface area contributed by atoms with E-state index >= 15 is 0 Å². The summed E-state index contributed by atoms with van der Waals surface area (Å²) in [7, 11) is -3.59. The molecule has 1 aliphatic heterocycles. The minimum absolute atomic E-state index is 0.0838. The number of rotatable bonds is 7. The monoisotopic (exact) mass is 495 g/mol. The third kappa shape index (κ3) is 4.12. The van der Waals surface area contributed by atoms with Gasteiger partial charge in [0.1, 0.15) is 0 Å². The Morgan fingerprint density at radius 3 is 2.67 bits per heavy atom. The number of nitrogens with one attached hydrogen (secondary N) is 1. The van der Waals surface area contributed by atoms with E-state index in [9.17, 15) is 18.0 Å². The lowest BCUT2D eigenvalue weighted by Gasteiger charge is -2.42. The molecule has 4 rings (SSSR count). The topological polar surface area (TPSA) is 108 Å². The second kappa shape index (κ2) is 8.68. The van der Waals surface area contributed by atoms with E-state index in [4.69, 9.17) is 25.8 Å². The number of carbonyl (C=O) groups excluding carboxylic acids is 2. The van der Waals surface area contributed by atoms with E-state index in [1.54, 1.807) is 12.1 Å². The number of fused-ring (bicyclic) bond motifs is 1.